The average molecular weight is 314 g/mol. The first-order valence-electron chi connectivity index (χ1n) is 4.88. The first-order valence-corrected chi connectivity index (χ1v) is 6.56. The molecule has 0 radical (unpaired) electrons. The molecule has 17 heavy (non-hydrogen) atoms. The van der Waals surface area contributed by atoms with Gasteiger partial charge in [0, 0.05) is 4.88 Å². The first-order chi connectivity index (χ1) is 8.25. The molecule has 0 fully saturated rings. The van der Waals surface area contributed by atoms with Gasteiger partial charge in [0.2, 0.25) is 0 Å². The molecule has 0 aliphatic carbocycles. The standard InChI is InChI=1S/C12H9BrFNOS/c13-11-6-9(3-4-12(11)14)8-16-15-7-10-2-1-5-17-10/h1-7H,8H2/b15-7+. The van der Waals surface area contributed by atoms with Crippen molar-refractivity contribution >= 4 is 33.5 Å². The minimum atomic E-state index is -0.282. The number of oxime groups is 1. The molecule has 2 nitrogen and oxygen atoms in total. The van der Waals surface area contributed by atoms with Crippen LogP contribution in [0, 0.1) is 5.82 Å². The third-order valence-corrected chi connectivity index (χ3v) is 3.43. The number of hydrogen-bond acceptors (Lipinski definition) is 3. The summed E-state index contributed by atoms with van der Waals surface area (Å²) in [5.74, 6) is -0.282. The van der Waals surface area contributed by atoms with E-state index in [1.807, 2.05) is 17.5 Å². The summed E-state index contributed by atoms with van der Waals surface area (Å²) in [6.07, 6.45) is 1.66. The molecular formula is C12H9BrFNOS. The van der Waals surface area contributed by atoms with E-state index in [1.165, 1.54) is 6.07 Å². The van der Waals surface area contributed by atoms with Gasteiger partial charge in [-0.2, -0.15) is 0 Å². The van der Waals surface area contributed by atoms with Crippen LogP contribution in [0.4, 0.5) is 4.39 Å². The molecule has 0 aliphatic heterocycles. The van der Waals surface area contributed by atoms with Crippen molar-refractivity contribution in [2.75, 3.05) is 0 Å². The monoisotopic (exact) mass is 313 g/mol. The molecule has 0 saturated heterocycles. The second-order valence-electron chi connectivity index (χ2n) is 3.27. The lowest BCUT2D eigenvalue weighted by molar-refractivity contribution is 0.132. The predicted molar refractivity (Wildman–Crippen MR) is 70.8 cm³/mol. The van der Waals surface area contributed by atoms with E-state index in [9.17, 15) is 4.39 Å². The summed E-state index contributed by atoms with van der Waals surface area (Å²) in [5.41, 5.74) is 0.863. The summed E-state index contributed by atoms with van der Waals surface area (Å²) >= 11 is 4.71. The van der Waals surface area contributed by atoms with Crippen molar-refractivity contribution in [1.29, 1.82) is 0 Å². The zero-order chi connectivity index (χ0) is 12.1. The van der Waals surface area contributed by atoms with E-state index in [2.05, 4.69) is 21.1 Å². The van der Waals surface area contributed by atoms with Gasteiger partial charge in [0.15, 0.2) is 0 Å². The quantitative estimate of drug-likeness (QED) is 0.612. The third kappa shape index (κ3) is 3.64. The van der Waals surface area contributed by atoms with Crippen LogP contribution < -0.4 is 0 Å². The Morgan fingerprint density at radius 1 is 1.41 bits per heavy atom. The van der Waals surface area contributed by atoms with Crippen molar-refractivity contribution in [3.63, 3.8) is 0 Å². The Labute approximate surface area is 111 Å². The number of thiophene rings is 1. The van der Waals surface area contributed by atoms with Gasteiger partial charge in [0.1, 0.15) is 12.4 Å². The molecule has 0 N–H and O–H groups in total. The largest absolute Gasteiger partial charge is 0.391 e. The summed E-state index contributed by atoms with van der Waals surface area (Å²) in [7, 11) is 0. The Morgan fingerprint density at radius 3 is 3.00 bits per heavy atom. The van der Waals surface area contributed by atoms with Crippen molar-refractivity contribution in [3.8, 4) is 0 Å². The van der Waals surface area contributed by atoms with Gasteiger partial charge in [0.25, 0.3) is 0 Å². The summed E-state index contributed by atoms with van der Waals surface area (Å²) in [6, 6.07) is 8.64. The van der Waals surface area contributed by atoms with Gasteiger partial charge in [-0.05, 0) is 45.1 Å². The predicted octanol–water partition coefficient (Wildman–Crippen LogP) is 4.20. The van der Waals surface area contributed by atoms with Crippen LogP contribution in [0.25, 0.3) is 0 Å². The highest BCUT2D eigenvalue weighted by molar-refractivity contribution is 9.10. The highest BCUT2D eigenvalue weighted by Gasteiger charge is 2.00. The van der Waals surface area contributed by atoms with E-state index >= 15 is 0 Å². The number of halogens is 2. The molecular weight excluding hydrogens is 305 g/mol. The van der Waals surface area contributed by atoms with Crippen LogP contribution in [0.15, 0.2) is 45.3 Å². The molecule has 0 amide bonds. The lowest BCUT2D eigenvalue weighted by Crippen LogP contribution is -1.89. The maximum absolute atomic E-state index is 13.0. The van der Waals surface area contributed by atoms with Crippen LogP contribution in [-0.2, 0) is 11.4 Å². The molecule has 1 aromatic carbocycles. The molecule has 1 heterocycles. The van der Waals surface area contributed by atoms with Crippen LogP contribution in [-0.4, -0.2) is 6.21 Å². The van der Waals surface area contributed by atoms with Crippen LogP contribution in [0.2, 0.25) is 0 Å². The van der Waals surface area contributed by atoms with E-state index in [0.29, 0.717) is 11.1 Å². The van der Waals surface area contributed by atoms with Gasteiger partial charge in [0.05, 0.1) is 10.7 Å². The topological polar surface area (TPSA) is 21.6 Å². The zero-order valence-corrected chi connectivity index (χ0v) is 11.2. The molecule has 0 saturated carbocycles. The molecule has 2 aromatic rings. The smallest absolute Gasteiger partial charge is 0.142 e. The van der Waals surface area contributed by atoms with E-state index in [0.717, 1.165) is 10.4 Å². The van der Waals surface area contributed by atoms with Crippen LogP contribution >= 0.6 is 27.3 Å². The van der Waals surface area contributed by atoms with Gasteiger partial charge >= 0.3 is 0 Å². The van der Waals surface area contributed by atoms with E-state index < -0.39 is 0 Å². The molecule has 0 unspecified atom stereocenters. The summed E-state index contributed by atoms with van der Waals surface area (Å²) in [4.78, 5) is 6.15. The summed E-state index contributed by atoms with van der Waals surface area (Å²) in [6.45, 7) is 0.320. The molecule has 1 aromatic heterocycles. The Morgan fingerprint density at radius 2 is 2.29 bits per heavy atom. The van der Waals surface area contributed by atoms with Crippen molar-refractivity contribution in [1.82, 2.24) is 0 Å². The maximum atomic E-state index is 13.0. The Balaban J connectivity index is 1.88. The molecule has 0 atom stereocenters. The molecule has 5 heteroatoms. The van der Waals surface area contributed by atoms with Crippen molar-refractivity contribution in [2.24, 2.45) is 5.16 Å². The first kappa shape index (κ1) is 12.3. The van der Waals surface area contributed by atoms with Gasteiger partial charge in [-0.25, -0.2) is 4.39 Å². The van der Waals surface area contributed by atoms with Gasteiger partial charge in [-0.3, -0.25) is 0 Å². The van der Waals surface area contributed by atoms with E-state index in [-0.39, 0.29) is 5.82 Å². The highest BCUT2D eigenvalue weighted by Crippen LogP contribution is 2.17. The molecule has 0 bridgehead atoms. The second-order valence-corrected chi connectivity index (χ2v) is 5.11. The summed E-state index contributed by atoms with van der Waals surface area (Å²) < 4.78 is 13.4. The van der Waals surface area contributed by atoms with Gasteiger partial charge in [-0.1, -0.05) is 17.3 Å². The summed E-state index contributed by atoms with van der Waals surface area (Å²) in [5, 5.41) is 5.81. The fourth-order valence-corrected chi connectivity index (χ4v) is 2.20. The Kier molecular flexibility index (Phi) is 4.28. The lowest BCUT2D eigenvalue weighted by atomic mass is 10.2. The SMILES string of the molecule is Fc1ccc(CO/N=C/c2cccs2)cc1Br. The minimum absolute atomic E-state index is 0.282. The van der Waals surface area contributed by atoms with Crippen LogP contribution in [0.5, 0.6) is 0 Å². The average Bonchev–Trinajstić information content (AvgIpc) is 2.82. The highest BCUT2D eigenvalue weighted by atomic mass is 79.9. The number of benzene rings is 1. The molecule has 0 aliphatic rings. The maximum Gasteiger partial charge on any atom is 0.142 e. The number of hydrogen-bond donors (Lipinski definition) is 0. The van der Waals surface area contributed by atoms with Gasteiger partial charge in [-0.15, -0.1) is 11.3 Å². The zero-order valence-electron chi connectivity index (χ0n) is 8.77. The second kappa shape index (κ2) is 5.93. The fourth-order valence-electron chi connectivity index (χ4n) is 1.20. The number of rotatable bonds is 4. The normalized spacial score (nSPS) is 10.9. The number of nitrogens with zero attached hydrogens (tertiary/aromatic N) is 1. The van der Waals surface area contributed by atoms with Crippen molar-refractivity contribution < 1.29 is 9.23 Å². The van der Waals surface area contributed by atoms with Crippen molar-refractivity contribution in [3.05, 3.63) is 56.4 Å². The molecule has 0 spiro atoms. The third-order valence-electron chi connectivity index (χ3n) is 2.01. The Bertz CT molecular complexity index is 513. The van der Waals surface area contributed by atoms with Crippen LogP contribution in [0.1, 0.15) is 10.4 Å². The molecule has 88 valence electrons. The van der Waals surface area contributed by atoms with E-state index in [4.69, 9.17) is 4.84 Å². The van der Waals surface area contributed by atoms with E-state index in [1.54, 1.807) is 29.7 Å². The molecule has 2 rings (SSSR count). The van der Waals surface area contributed by atoms with Crippen LogP contribution in [0.3, 0.4) is 0 Å². The Hall–Kier alpha value is -1.20. The lowest BCUT2D eigenvalue weighted by Gasteiger charge is -2.01. The fraction of sp³-hybridized carbons (Fsp3) is 0.0833. The minimum Gasteiger partial charge on any atom is -0.391 e. The van der Waals surface area contributed by atoms with Gasteiger partial charge < -0.3 is 4.84 Å². The van der Waals surface area contributed by atoms with Crippen molar-refractivity contribution in [2.45, 2.75) is 6.61 Å².